The average Bonchev–Trinajstić information content (AvgIpc) is 2.65. The van der Waals surface area contributed by atoms with Gasteiger partial charge in [-0.3, -0.25) is 9.63 Å². The van der Waals surface area contributed by atoms with Gasteiger partial charge in [0.25, 0.3) is 5.91 Å². The van der Waals surface area contributed by atoms with Gasteiger partial charge in [-0.25, -0.2) is 5.06 Å². The molecule has 0 N–H and O–H groups in total. The molecule has 164 valence electrons. The van der Waals surface area contributed by atoms with Crippen LogP contribution in [-0.2, 0) is 23.8 Å². The Labute approximate surface area is 193 Å². The van der Waals surface area contributed by atoms with Crippen molar-refractivity contribution in [3.05, 3.63) is 0 Å². The van der Waals surface area contributed by atoms with E-state index < -0.39 is 24.2 Å². The standard InChI is InChI=1S/C19H38NO6.ClH.Mg/c1-6-9-12-24-15-16(21)17(25-13-10-7-2)18(26-14-11-8-3)19(22)20(4)23-5;;/h16-18H,6-15H2,1-5H3;1H;/q-1;;+2/p-1/t16-,17-,18-;;/m1../s1. The van der Waals surface area contributed by atoms with E-state index in [0.29, 0.717) is 19.8 Å². The van der Waals surface area contributed by atoms with Crippen molar-refractivity contribution in [3.63, 3.8) is 0 Å². The molecule has 0 aliphatic rings. The number of carbonyl (C=O) groups excluding carboxylic acids is 1. The van der Waals surface area contributed by atoms with E-state index in [1.807, 2.05) is 13.8 Å². The SMILES string of the molecule is CCCCOC[C@@H]([O-])[C@@H](OCCCC)[C@@H](OCCCC)C(=O)N(C)OC.[Cl-].[Mg+2]. The molecule has 0 unspecified atom stereocenters. The monoisotopic (exact) mass is 435 g/mol. The third-order valence-corrected chi connectivity index (χ3v) is 4.02. The van der Waals surface area contributed by atoms with Gasteiger partial charge < -0.3 is 31.7 Å². The number of carbonyl (C=O) groups is 1. The normalized spacial score (nSPS) is 13.8. The summed E-state index contributed by atoms with van der Waals surface area (Å²) in [7, 11) is 2.90. The van der Waals surface area contributed by atoms with Crippen molar-refractivity contribution >= 4 is 29.0 Å². The summed E-state index contributed by atoms with van der Waals surface area (Å²) in [6.07, 6.45) is 2.28. The second-order valence-electron chi connectivity index (χ2n) is 6.32. The number of hydrogen-bond donors (Lipinski definition) is 0. The van der Waals surface area contributed by atoms with E-state index in [-0.39, 0.29) is 42.1 Å². The fourth-order valence-electron chi connectivity index (χ4n) is 2.22. The molecule has 0 fully saturated rings. The van der Waals surface area contributed by atoms with Gasteiger partial charge in [-0.05, 0) is 19.3 Å². The van der Waals surface area contributed by atoms with Gasteiger partial charge in [-0.15, -0.1) is 0 Å². The van der Waals surface area contributed by atoms with Crippen LogP contribution < -0.4 is 17.5 Å². The Hall–Kier alpha value is 0.326. The molecule has 0 rings (SSSR count). The van der Waals surface area contributed by atoms with Crippen LogP contribution in [0.4, 0.5) is 0 Å². The summed E-state index contributed by atoms with van der Waals surface area (Å²) in [4.78, 5) is 17.6. The van der Waals surface area contributed by atoms with Crippen molar-refractivity contribution in [3.8, 4) is 0 Å². The van der Waals surface area contributed by atoms with Crippen molar-refractivity contribution in [2.24, 2.45) is 0 Å². The maximum Gasteiger partial charge on any atom is 2.00 e. The first-order valence-corrected chi connectivity index (χ1v) is 9.81. The first-order chi connectivity index (χ1) is 12.5. The van der Waals surface area contributed by atoms with Gasteiger partial charge in [0, 0.05) is 33.5 Å². The number of likely N-dealkylation sites (N-methyl/N-ethyl adjacent to an activating group) is 1. The van der Waals surface area contributed by atoms with Gasteiger partial charge in [0.2, 0.25) is 0 Å². The Morgan fingerprint density at radius 2 is 1.46 bits per heavy atom. The quantitative estimate of drug-likeness (QED) is 0.158. The second kappa shape index (κ2) is 22.0. The molecule has 0 bridgehead atoms. The van der Waals surface area contributed by atoms with Crippen LogP contribution in [0, 0.1) is 0 Å². The number of amides is 1. The molecule has 9 heteroatoms. The minimum Gasteiger partial charge on any atom is -1.00 e. The Kier molecular flexibility index (Phi) is 25.9. The minimum absolute atomic E-state index is 0. The minimum atomic E-state index is -1.20. The van der Waals surface area contributed by atoms with Crippen LogP contribution >= 0.6 is 0 Å². The number of halogens is 1. The molecule has 0 radical (unpaired) electrons. The zero-order valence-corrected chi connectivity index (χ0v) is 20.5. The van der Waals surface area contributed by atoms with E-state index in [1.165, 1.54) is 14.2 Å². The van der Waals surface area contributed by atoms with Crippen molar-refractivity contribution in [2.45, 2.75) is 77.6 Å². The third kappa shape index (κ3) is 14.3. The van der Waals surface area contributed by atoms with Gasteiger partial charge in [-0.2, -0.15) is 0 Å². The van der Waals surface area contributed by atoms with Crippen molar-refractivity contribution in [1.29, 1.82) is 0 Å². The topological polar surface area (TPSA) is 80.3 Å². The number of hydrogen-bond acceptors (Lipinski definition) is 6. The fraction of sp³-hybridized carbons (Fsp3) is 0.947. The number of nitrogens with zero attached hydrogens (tertiary/aromatic N) is 1. The van der Waals surface area contributed by atoms with Crippen LogP contribution in [0.1, 0.15) is 59.3 Å². The summed E-state index contributed by atoms with van der Waals surface area (Å²) >= 11 is 0. The van der Waals surface area contributed by atoms with E-state index in [1.54, 1.807) is 0 Å². The summed E-state index contributed by atoms with van der Waals surface area (Å²) < 4.78 is 17.0. The van der Waals surface area contributed by atoms with Crippen LogP contribution in [0.5, 0.6) is 0 Å². The molecule has 3 atom stereocenters. The molecule has 0 aliphatic heterocycles. The number of unbranched alkanes of at least 4 members (excludes halogenated alkanes) is 3. The van der Waals surface area contributed by atoms with E-state index in [0.717, 1.165) is 43.6 Å². The van der Waals surface area contributed by atoms with Gasteiger partial charge >= 0.3 is 23.1 Å². The Balaban J connectivity index is -0.00000312. The molecule has 0 saturated carbocycles. The summed E-state index contributed by atoms with van der Waals surface area (Å²) in [6.45, 7) is 7.47. The molecular formula is C19H38ClMgNO6. The van der Waals surface area contributed by atoms with Crippen molar-refractivity contribution in [2.75, 3.05) is 40.6 Å². The molecular weight excluding hydrogens is 398 g/mol. The van der Waals surface area contributed by atoms with Gasteiger partial charge in [0.15, 0.2) is 6.10 Å². The number of hydroxylamine groups is 2. The molecule has 28 heavy (non-hydrogen) atoms. The molecule has 0 aliphatic carbocycles. The molecule has 0 aromatic carbocycles. The molecule has 0 spiro atoms. The van der Waals surface area contributed by atoms with Crippen molar-refractivity contribution < 1.29 is 41.4 Å². The first-order valence-electron chi connectivity index (χ1n) is 9.81. The van der Waals surface area contributed by atoms with E-state index in [4.69, 9.17) is 19.0 Å². The average molecular weight is 436 g/mol. The molecule has 0 aromatic heterocycles. The largest absolute Gasteiger partial charge is 2.00 e. The summed E-state index contributed by atoms with van der Waals surface area (Å²) in [6, 6.07) is 0. The van der Waals surface area contributed by atoms with E-state index >= 15 is 0 Å². The molecule has 0 aromatic rings. The zero-order valence-electron chi connectivity index (χ0n) is 18.3. The van der Waals surface area contributed by atoms with Gasteiger partial charge in [0.1, 0.15) is 0 Å². The predicted octanol–water partition coefficient (Wildman–Crippen LogP) is -1.45. The van der Waals surface area contributed by atoms with E-state index in [2.05, 4.69) is 6.92 Å². The summed E-state index contributed by atoms with van der Waals surface area (Å²) in [5.41, 5.74) is 0. The maximum atomic E-state index is 12.7. The summed E-state index contributed by atoms with van der Waals surface area (Å²) in [5, 5.41) is 13.8. The number of rotatable bonds is 17. The Bertz CT molecular complexity index is 354. The molecule has 0 saturated heterocycles. The Morgan fingerprint density at radius 3 is 1.96 bits per heavy atom. The van der Waals surface area contributed by atoms with Crippen LogP contribution in [-0.4, -0.2) is 92.9 Å². The third-order valence-electron chi connectivity index (χ3n) is 4.02. The van der Waals surface area contributed by atoms with Crippen LogP contribution in [0.25, 0.3) is 0 Å². The van der Waals surface area contributed by atoms with Crippen LogP contribution in [0.2, 0.25) is 0 Å². The molecule has 7 nitrogen and oxygen atoms in total. The Morgan fingerprint density at radius 1 is 0.964 bits per heavy atom. The van der Waals surface area contributed by atoms with Gasteiger partial charge in [-0.1, -0.05) is 46.1 Å². The number of ether oxygens (including phenoxy) is 3. The zero-order chi connectivity index (χ0) is 19.8. The van der Waals surface area contributed by atoms with Crippen LogP contribution in [0.15, 0.2) is 0 Å². The smallest absolute Gasteiger partial charge is 1.00 e. The van der Waals surface area contributed by atoms with Gasteiger partial charge in [0.05, 0.1) is 13.2 Å². The predicted molar refractivity (Wildman–Crippen MR) is 104 cm³/mol. The van der Waals surface area contributed by atoms with Crippen molar-refractivity contribution in [1.82, 2.24) is 5.06 Å². The summed E-state index contributed by atoms with van der Waals surface area (Å²) in [5.74, 6) is -0.417. The maximum absolute atomic E-state index is 12.7. The molecule has 0 heterocycles. The molecule has 1 amide bonds. The van der Waals surface area contributed by atoms with Crippen LogP contribution in [0.3, 0.4) is 0 Å². The second-order valence-corrected chi connectivity index (χ2v) is 6.32. The fourth-order valence-corrected chi connectivity index (χ4v) is 2.22. The van der Waals surface area contributed by atoms with E-state index in [9.17, 15) is 9.90 Å². The first kappa shape index (κ1) is 33.0.